The molecule has 1 N–H and O–H groups in total. The van der Waals surface area contributed by atoms with Crippen molar-refractivity contribution < 1.29 is 14.2 Å². The van der Waals surface area contributed by atoms with Crippen LogP contribution in [0.25, 0.3) is 0 Å². The molecule has 0 unspecified atom stereocenters. The molecule has 2 fully saturated rings. The summed E-state index contributed by atoms with van der Waals surface area (Å²) in [5.74, 6) is 0.802. The number of hydrogen-bond acceptors (Lipinski definition) is 8. The quantitative estimate of drug-likeness (QED) is 0.242. The van der Waals surface area contributed by atoms with Crippen LogP contribution in [0.4, 0.5) is 21.5 Å². The van der Waals surface area contributed by atoms with Crippen molar-refractivity contribution in [3.63, 3.8) is 0 Å². The zero-order valence-electron chi connectivity index (χ0n) is 24.4. The van der Waals surface area contributed by atoms with Gasteiger partial charge in [-0.15, -0.1) is 0 Å². The molecule has 13 heteroatoms. The summed E-state index contributed by atoms with van der Waals surface area (Å²) in [6.45, 7) is 4.23. The maximum absolute atomic E-state index is 12.1. The van der Waals surface area contributed by atoms with Gasteiger partial charge in [-0.3, -0.25) is 20.2 Å². The Balaban J connectivity index is 0.000000163. The SMILES string of the molecule is Cn1cncc1C1CCN(c2ccc([N+](=O)[O-])cc2)CC1.Cn1cncc1C1CCNCC1.O=[N+]([O-])c1ccc(F)cc1. The summed E-state index contributed by atoms with van der Waals surface area (Å²) in [6, 6.07) is 11.2. The topological polar surface area (TPSA) is 137 Å². The predicted octanol–water partition coefficient (Wildman–Crippen LogP) is 5.33. The van der Waals surface area contributed by atoms with Crippen molar-refractivity contribution >= 4 is 17.1 Å². The summed E-state index contributed by atoms with van der Waals surface area (Å²) in [7, 11) is 4.11. The van der Waals surface area contributed by atoms with Gasteiger partial charge in [-0.1, -0.05) is 0 Å². The van der Waals surface area contributed by atoms with Crippen molar-refractivity contribution in [3.8, 4) is 0 Å². The van der Waals surface area contributed by atoms with Crippen LogP contribution in [0.5, 0.6) is 0 Å². The standard InChI is InChI=1S/C15H18N4O2.C9H15N3.C6H4FNO2/c1-17-11-16-10-15(17)12-6-8-18(9-7-12)13-2-4-14(5-3-13)19(20)21;1-12-7-11-6-9(12)8-2-4-10-5-3-8;7-5-1-3-6(4-2-5)8(9)10/h2-5,10-12H,6-9H2,1H3;6-8,10H,2-5H2,1H3;1-4H. The number of non-ortho nitro benzene ring substituents is 2. The number of piperidine rings is 2. The van der Waals surface area contributed by atoms with E-state index in [9.17, 15) is 24.6 Å². The number of hydrogen-bond donors (Lipinski definition) is 1. The Labute approximate surface area is 249 Å². The molecule has 0 amide bonds. The second-order valence-electron chi connectivity index (χ2n) is 10.7. The second-order valence-corrected chi connectivity index (χ2v) is 10.7. The molecule has 2 aromatic heterocycles. The predicted molar refractivity (Wildman–Crippen MR) is 162 cm³/mol. The van der Waals surface area contributed by atoms with Crippen molar-refractivity contribution in [2.45, 2.75) is 37.5 Å². The number of aryl methyl sites for hydroxylation is 2. The van der Waals surface area contributed by atoms with Crippen LogP contribution in [0, 0.1) is 26.0 Å². The van der Waals surface area contributed by atoms with E-state index in [-0.39, 0.29) is 16.3 Å². The minimum atomic E-state index is -0.570. The first-order valence-electron chi connectivity index (χ1n) is 14.3. The average molecular weight is 593 g/mol. The largest absolute Gasteiger partial charge is 0.371 e. The van der Waals surface area contributed by atoms with E-state index in [0.29, 0.717) is 5.92 Å². The molecule has 0 aliphatic carbocycles. The molecule has 0 bridgehead atoms. The van der Waals surface area contributed by atoms with Gasteiger partial charge < -0.3 is 19.4 Å². The van der Waals surface area contributed by atoms with Gasteiger partial charge in [0.15, 0.2) is 0 Å². The summed E-state index contributed by atoms with van der Waals surface area (Å²) in [6.07, 6.45) is 12.3. The molecular formula is C30H37FN8O4. The Bertz CT molecular complexity index is 1460. The van der Waals surface area contributed by atoms with Crippen LogP contribution in [0.3, 0.4) is 0 Å². The number of anilines is 1. The molecule has 43 heavy (non-hydrogen) atoms. The molecule has 2 aliphatic heterocycles. The average Bonchev–Trinajstić information content (AvgIpc) is 3.66. The van der Waals surface area contributed by atoms with E-state index in [1.807, 2.05) is 44.2 Å². The number of nitro benzene ring substituents is 2. The van der Waals surface area contributed by atoms with Crippen LogP contribution in [0.15, 0.2) is 73.6 Å². The molecule has 6 rings (SSSR count). The van der Waals surface area contributed by atoms with Gasteiger partial charge in [-0.2, -0.15) is 0 Å². The first kappa shape index (κ1) is 31.3. The lowest BCUT2D eigenvalue weighted by atomic mass is 9.93. The Morgan fingerprint density at radius 1 is 0.744 bits per heavy atom. The molecule has 2 aliphatic rings. The zero-order chi connectivity index (χ0) is 30.8. The number of nitro groups is 2. The highest BCUT2D eigenvalue weighted by Gasteiger charge is 2.23. The van der Waals surface area contributed by atoms with Crippen LogP contribution in [0.2, 0.25) is 0 Å². The summed E-state index contributed by atoms with van der Waals surface area (Å²) in [5, 5.41) is 24.0. The number of nitrogens with zero attached hydrogens (tertiary/aromatic N) is 7. The van der Waals surface area contributed by atoms with Crippen LogP contribution in [0.1, 0.15) is 48.9 Å². The lowest BCUT2D eigenvalue weighted by Crippen LogP contribution is -2.33. The van der Waals surface area contributed by atoms with Gasteiger partial charge in [0.1, 0.15) is 5.82 Å². The first-order valence-corrected chi connectivity index (χ1v) is 14.3. The van der Waals surface area contributed by atoms with Crippen LogP contribution in [-0.2, 0) is 14.1 Å². The molecular weight excluding hydrogens is 555 g/mol. The van der Waals surface area contributed by atoms with Gasteiger partial charge in [0.05, 0.1) is 22.5 Å². The second kappa shape index (κ2) is 15.0. The lowest BCUT2D eigenvalue weighted by molar-refractivity contribution is -0.385. The Morgan fingerprint density at radius 3 is 1.60 bits per heavy atom. The summed E-state index contributed by atoms with van der Waals surface area (Å²) < 4.78 is 16.4. The highest BCUT2D eigenvalue weighted by Crippen LogP contribution is 2.30. The Morgan fingerprint density at radius 2 is 1.19 bits per heavy atom. The molecule has 4 aromatic rings. The van der Waals surface area contributed by atoms with E-state index < -0.39 is 10.7 Å². The monoisotopic (exact) mass is 592 g/mol. The molecule has 0 saturated carbocycles. The Hall–Kier alpha value is -4.65. The highest BCUT2D eigenvalue weighted by molar-refractivity contribution is 5.51. The Kier molecular flexibility index (Phi) is 10.9. The van der Waals surface area contributed by atoms with Gasteiger partial charge in [0.25, 0.3) is 11.4 Å². The summed E-state index contributed by atoms with van der Waals surface area (Å²) >= 11 is 0. The fraction of sp³-hybridized carbons (Fsp3) is 0.400. The molecule has 2 aromatic carbocycles. The fourth-order valence-corrected chi connectivity index (χ4v) is 5.42. The van der Waals surface area contributed by atoms with E-state index in [2.05, 4.69) is 36.4 Å². The fourth-order valence-electron chi connectivity index (χ4n) is 5.42. The maximum atomic E-state index is 12.1. The van der Waals surface area contributed by atoms with Crippen molar-refractivity contribution in [3.05, 3.63) is 111 Å². The molecule has 12 nitrogen and oxygen atoms in total. The minimum Gasteiger partial charge on any atom is -0.371 e. The third kappa shape index (κ3) is 8.67. The molecule has 0 radical (unpaired) electrons. The summed E-state index contributed by atoms with van der Waals surface area (Å²) in [5.41, 5.74) is 3.78. The van der Waals surface area contributed by atoms with Crippen molar-refractivity contribution in [1.82, 2.24) is 24.4 Å². The number of benzene rings is 2. The van der Waals surface area contributed by atoms with E-state index in [4.69, 9.17) is 0 Å². The molecule has 4 heterocycles. The van der Waals surface area contributed by atoms with Gasteiger partial charge >= 0.3 is 0 Å². The van der Waals surface area contributed by atoms with Crippen molar-refractivity contribution in [1.29, 1.82) is 0 Å². The third-order valence-electron chi connectivity index (χ3n) is 7.84. The van der Waals surface area contributed by atoms with E-state index in [1.165, 1.54) is 24.2 Å². The highest BCUT2D eigenvalue weighted by atomic mass is 19.1. The summed E-state index contributed by atoms with van der Waals surface area (Å²) in [4.78, 5) is 30.4. The number of rotatable bonds is 5. The van der Waals surface area contributed by atoms with E-state index >= 15 is 0 Å². The first-order chi connectivity index (χ1) is 20.7. The number of halogens is 1. The van der Waals surface area contributed by atoms with Crippen LogP contribution >= 0.6 is 0 Å². The van der Waals surface area contributed by atoms with Crippen LogP contribution in [-0.4, -0.2) is 55.1 Å². The number of imidazole rings is 2. The third-order valence-corrected chi connectivity index (χ3v) is 7.84. The lowest BCUT2D eigenvalue weighted by Gasteiger charge is -2.33. The molecule has 0 spiro atoms. The maximum Gasteiger partial charge on any atom is 0.269 e. The number of nitrogens with one attached hydrogen (secondary N) is 1. The van der Waals surface area contributed by atoms with E-state index in [0.717, 1.165) is 74.9 Å². The van der Waals surface area contributed by atoms with Gasteiger partial charge in [-0.25, -0.2) is 14.4 Å². The van der Waals surface area contributed by atoms with Gasteiger partial charge in [-0.05, 0) is 63.0 Å². The van der Waals surface area contributed by atoms with Crippen molar-refractivity contribution in [2.24, 2.45) is 14.1 Å². The van der Waals surface area contributed by atoms with E-state index in [1.54, 1.807) is 12.1 Å². The number of aromatic nitrogens is 4. The molecule has 0 atom stereocenters. The van der Waals surface area contributed by atoms with Gasteiger partial charge in [0, 0.05) is 92.8 Å². The molecule has 2 saturated heterocycles. The minimum absolute atomic E-state index is 0.0959. The zero-order valence-corrected chi connectivity index (χ0v) is 24.4. The smallest absolute Gasteiger partial charge is 0.269 e. The van der Waals surface area contributed by atoms with Crippen molar-refractivity contribution in [2.75, 3.05) is 31.1 Å². The normalized spacial score (nSPS) is 15.6. The molecule has 228 valence electrons. The van der Waals surface area contributed by atoms with Gasteiger partial charge in [0.2, 0.25) is 0 Å². The van der Waals surface area contributed by atoms with Crippen LogP contribution < -0.4 is 10.2 Å².